The van der Waals surface area contributed by atoms with Gasteiger partial charge in [-0.15, -0.1) is 0 Å². The fourth-order valence-electron chi connectivity index (χ4n) is 3.87. The van der Waals surface area contributed by atoms with E-state index < -0.39 is 0 Å². The highest BCUT2D eigenvalue weighted by Crippen LogP contribution is 2.28. The topological polar surface area (TPSA) is 60.5 Å². The van der Waals surface area contributed by atoms with Crippen LogP contribution in [0, 0.1) is 0 Å². The summed E-state index contributed by atoms with van der Waals surface area (Å²) in [5.41, 5.74) is 5.55. The molecule has 0 spiro atoms. The number of carbonyl (C=O) groups is 1. The highest BCUT2D eigenvalue weighted by molar-refractivity contribution is 6.07. The van der Waals surface area contributed by atoms with Gasteiger partial charge in [-0.05, 0) is 48.2 Å². The Bertz CT molecular complexity index is 1270. The minimum absolute atomic E-state index is 0.111. The van der Waals surface area contributed by atoms with Crippen LogP contribution in [0.2, 0.25) is 0 Å². The van der Waals surface area contributed by atoms with Crippen molar-refractivity contribution in [2.45, 2.75) is 19.8 Å². The van der Waals surface area contributed by atoms with Gasteiger partial charge >= 0.3 is 0 Å². The number of hydrogen-bond donors (Lipinski definition) is 1. The largest absolute Gasteiger partial charge is 0.493 e. The van der Waals surface area contributed by atoms with Crippen LogP contribution in [0.5, 0.6) is 11.5 Å². The van der Waals surface area contributed by atoms with Gasteiger partial charge in [0.05, 0.1) is 31.0 Å². The van der Waals surface area contributed by atoms with Crippen LogP contribution in [-0.2, 0) is 12.8 Å². The highest BCUT2D eigenvalue weighted by atomic mass is 16.5. The van der Waals surface area contributed by atoms with E-state index in [2.05, 4.69) is 36.5 Å². The van der Waals surface area contributed by atoms with E-state index in [4.69, 9.17) is 14.5 Å². The maximum Gasteiger partial charge on any atom is 0.252 e. The molecule has 4 aromatic rings. The third-order valence-electron chi connectivity index (χ3n) is 5.77. The van der Waals surface area contributed by atoms with E-state index in [1.165, 1.54) is 5.56 Å². The Labute approximate surface area is 194 Å². The summed E-state index contributed by atoms with van der Waals surface area (Å²) in [4.78, 5) is 18.0. The van der Waals surface area contributed by atoms with E-state index in [1.807, 2.05) is 48.5 Å². The number of methoxy groups -OCH3 is 2. The number of pyridine rings is 1. The second-order valence-electron chi connectivity index (χ2n) is 7.82. The van der Waals surface area contributed by atoms with Crippen molar-refractivity contribution in [2.75, 3.05) is 20.8 Å². The standard InChI is InChI=1S/C28H28N2O3/c1-4-19-9-12-21(13-10-19)25-18-23(22-7-5-6-8-24(22)30-25)28(31)29-16-15-20-11-14-26(32-2)27(17-20)33-3/h5-14,17-18H,4,15-16H2,1-3H3,(H,29,31). The molecule has 0 saturated carbocycles. The summed E-state index contributed by atoms with van der Waals surface area (Å²) < 4.78 is 10.7. The average molecular weight is 441 g/mol. The van der Waals surface area contributed by atoms with E-state index >= 15 is 0 Å². The van der Waals surface area contributed by atoms with Crippen molar-refractivity contribution in [3.05, 3.63) is 89.5 Å². The van der Waals surface area contributed by atoms with Crippen molar-refractivity contribution in [1.29, 1.82) is 0 Å². The van der Waals surface area contributed by atoms with Crippen molar-refractivity contribution in [3.63, 3.8) is 0 Å². The number of hydrogen-bond acceptors (Lipinski definition) is 4. The molecule has 1 N–H and O–H groups in total. The first-order valence-corrected chi connectivity index (χ1v) is 11.1. The first-order chi connectivity index (χ1) is 16.1. The van der Waals surface area contributed by atoms with Gasteiger partial charge in [-0.2, -0.15) is 0 Å². The van der Waals surface area contributed by atoms with Crippen molar-refractivity contribution in [3.8, 4) is 22.8 Å². The molecule has 0 atom stereocenters. The molecule has 0 aliphatic rings. The predicted molar refractivity (Wildman–Crippen MR) is 132 cm³/mol. The third kappa shape index (κ3) is 4.98. The quantitative estimate of drug-likeness (QED) is 0.396. The van der Waals surface area contributed by atoms with Crippen LogP contribution < -0.4 is 14.8 Å². The Morgan fingerprint density at radius 1 is 0.879 bits per heavy atom. The Balaban J connectivity index is 1.56. The summed E-state index contributed by atoms with van der Waals surface area (Å²) in [5.74, 6) is 1.26. The number of rotatable bonds is 8. The zero-order chi connectivity index (χ0) is 23.2. The van der Waals surface area contributed by atoms with E-state index in [0.717, 1.165) is 34.1 Å². The monoisotopic (exact) mass is 440 g/mol. The van der Waals surface area contributed by atoms with Gasteiger partial charge in [0.1, 0.15) is 0 Å². The number of nitrogens with one attached hydrogen (secondary N) is 1. The third-order valence-corrected chi connectivity index (χ3v) is 5.77. The second-order valence-corrected chi connectivity index (χ2v) is 7.82. The second kappa shape index (κ2) is 10.2. The van der Waals surface area contributed by atoms with Crippen LogP contribution >= 0.6 is 0 Å². The van der Waals surface area contributed by atoms with Crippen molar-refractivity contribution >= 4 is 16.8 Å². The predicted octanol–water partition coefficient (Wildman–Crippen LogP) is 5.45. The fourth-order valence-corrected chi connectivity index (χ4v) is 3.87. The molecule has 33 heavy (non-hydrogen) atoms. The van der Waals surface area contributed by atoms with Gasteiger partial charge in [-0.1, -0.05) is 55.5 Å². The molecule has 0 aliphatic heterocycles. The molecule has 1 aromatic heterocycles. The minimum Gasteiger partial charge on any atom is -0.493 e. The Morgan fingerprint density at radius 2 is 1.61 bits per heavy atom. The average Bonchev–Trinajstić information content (AvgIpc) is 2.87. The Morgan fingerprint density at radius 3 is 2.33 bits per heavy atom. The lowest BCUT2D eigenvalue weighted by atomic mass is 10.0. The van der Waals surface area contributed by atoms with Gasteiger partial charge in [0.2, 0.25) is 0 Å². The number of aryl methyl sites for hydroxylation is 1. The lowest BCUT2D eigenvalue weighted by molar-refractivity contribution is 0.0955. The summed E-state index contributed by atoms with van der Waals surface area (Å²) in [5, 5.41) is 3.91. The van der Waals surface area contributed by atoms with Gasteiger partial charge in [0, 0.05) is 17.5 Å². The summed E-state index contributed by atoms with van der Waals surface area (Å²) in [6.45, 7) is 2.64. The molecular formula is C28H28N2O3. The van der Waals surface area contributed by atoms with E-state index in [1.54, 1.807) is 14.2 Å². The van der Waals surface area contributed by atoms with Crippen molar-refractivity contribution in [1.82, 2.24) is 10.3 Å². The maximum absolute atomic E-state index is 13.2. The minimum atomic E-state index is -0.111. The number of benzene rings is 3. The van der Waals surface area contributed by atoms with Gasteiger partial charge in [-0.3, -0.25) is 4.79 Å². The molecule has 1 amide bonds. The fraction of sp³-hybridized carbons (Fsp3) is 0.214. The van der Waals surface area contributed by atoms with Gasteiger partial charge in [0.25, 0.3) is 5.91 Å². The smallest absolute Gasteiger partial charge is 0.252 e. The first kappa shape index (κ1) is 22.3. The summed E-state index contributed by atoms with van der Waals surface area (Å²) in [6.07, 6.45) is 1.67. The van der Waals surface area contributed by atoms with Crippen LogP contribution in [0.3, 0.4) is 0 Å². The van der Waals surface area contributed by atoms with Crippen LogP contribution in [0.25, 0.3) is 22.2 Å². The van der Waals surface area contributed by atoms with Gasteiger partial charge in [-0.25, -0.2) is 4.98 Å². The number of aromatic nitrogens is 1. The molecule has 5 heteroatoms. The number of fused-ring (bicyclic) bond motifs is 1. The Kier molecular flexibility index (Phi) is 6.89. The number of carbonyl (C=O) groups excluding carboxylic acids is 1. The molecule has 0 aliphatic carbocycles. The van der Waals surface area contributed by atoms with E-state index in [0.29, 0.717) is 30.0 Å². The SMILES string of the molecule is CCc1ccc(-c2cc(C(=O)NCCc3ccc(OC)c(OC)c3)c3ccccc3n2)cc1. The number of para-hydroxylation sites is 1. The summed E-state index contributed by atoms with van der Waals surface area (Å²) in [6, 6.07) is 23.8. The molecule has 1 heterocycles. The highest BCUT2D eigenvalue weighted by Gasteiger charge is 2.14. The Hall–Kier alpha value is -3.86. The van der Waals surface area contributed by atoms with Crippen LogP contribution in [0.4, 0.5) is 0 Å². The van der Waals surface area contributed by atoms with E-state index in [9.17, 15) is 4.79 Å². The lowest BCUT2D eigenvalue weighted by Crippen LogP contribution is -2.26. The molecule has 0 fully saturated rings. The summed E-state index contributed by atoms with van der Waals surface area (Å²) in [7, 11) is 3.23. The molecule has 5 nitrogen and oxygen atoms in total. The zero-order valence-electron chi connectivity index (χ0n) is 19.2. The van der Waals surface area contributed by atoms with Crippen molar-refractivity contribution < 1.29 is 14.3 Å². The van der Waals surface area contributed by atoms with Crippen molar-refractivity contribution in [2.24, 2.45) is 0 Å². The zero-order valence-corrected chi connectivity index (χ0v) is 19.2. The lowest BCUT2D eigenvalue weighted by Gasteiger charge is -2.12. The maximum atomic E-state index is 13.2. The van der Waals surface area contributed by atoms with Crippen LogP contribution in [0.1, 0.15) is 28.4 Å². The number of amides is 1. The van der Waals surface area contributed by atoms with E-state index in [-0.39, 0.29) is 5.91 Å². The van der Waals surface area contributed by atoms with Gasteiger partial charge < -0.3 is 14.8 Å². The molecule has 0 unspecified atom stereocenters. The molecule has 0 saturated heterocycles. The molecule has 0 radical (unpaired) electrons. The number of nitrogens with zero attached hydrogens (tertiary/aromatic N) is 1. The molecule has 0 bridgehead atoms. The molecule has 4 rings (SSSR count). The van der Waals surface area contributed by atoms with Crippen LogP contribution in [-0.4, -0.2) is 31.7 Å². The normalized spacial score (nSPS) is 10.8. The molecule has 3 aromatic carbocycles. The van der Waals surface area contributed by atoms with Gasteiger partial charge in [0.15, 0.2) is 11.5 Å². The molecule has 168 valence electrons. The molecular weight excluding hydrogens is 412 g/mol. The van der Waals surface area contributed by atoms with Crippen LogP contribution in [0.15, 0.2) is 72.8 Å². The summed E-state index contributed by atoms with van der Waals surface area (Å²) >= 11 is 0. The number of ether oxygens (including phenoxy) is 2. The first-order valence-electron chi connectivity index (χ1n) is 11.1.